The van der Waals surface area contributed by atoms with Gasteiger partial charge in [-0.2, -0.15) is 0 Å². The molecule has 14 nitrogen and oxygen atoms in total. The molecular formula is C55H89N7O7. The van der Waals surface area contributed by atoms with Crippen molar-refractivity contribution >= 4 is 24.1 Å². The molecule has 2 saturated heterocycles. The van der Waals surface area contributed by atoms with E-state index < -0.39 is 22.9 Å². The molecule has 386 valence electrons. The number of carbonyl (C=O) groups excluding carboxylic acids is 4. The Morgan fingerprint density at radius 3 is 1.19 bits per heavy atom. The topological polar surface area (TPSA) is 145 Å². The summed E-state index contributed by atoms with van der Waals surface area (Å²) in [5, 5.41) is 8.90. The largest absolute Gasteiger partial charge is 0.444 e. The van der Waals surface area contributed by atoms with Crippen LogP contribution in [0.3, 0.4) is 0 Å². The molecule has 0 spiro atoms. The van der Waals surface area contributed by atoms with E-state index in [1.165, 1.54) is 36.8 Å². The Morgan fingerprint density at radius 2 is 0.841 bits per heavy atom. The Bertz CT molecular complexity index is 1740. The van der Waals surface area contributed by atoms with Crippen molar-refractivity contribution in [2.24, 2.45) is 0 Å². The zero-order valence-electron chi connectivity index (χ0n) is 43.9. The molecule has 2 unspecified atom stereocenters. The van der Waals surface area contributed by atoms with Gasteiger partial charge in [-0.05, 0) is 138 Å². The molecule has 3 saturated carbocycles. The van der Waals surface area contributed by atoms with E-state index in [1.54, 1.807) is 0 Å². The first kappa shape index (κ1) is 55.7. The van der Waals surface area contributed by atoms with Gasteiger partial charge in [-0.3, -0.25) is 24.4 Å². The summed E-state index contributed by atoms with van der Waals surface area (Å²) in [6.45, 7) is 28.0. The van der Waals surface area contributed by atoms with Crippen molar-refractivity contribution in [2.45, 2.75) is 199 Å². The third-order valence-electron chi connectivity index (χ3n) is 13.3. The van der Waals surface area contributed by atoms with Gasteiger partial charge < -0.3 is 30.2 Å². The minimum absolute atomic E-state index is 0.0406. The van der Waals surface area contributed by atoms with E-state index in [1.807, 2.05) is 62.3 Å². The molecule has 5 fully saturated rings. The first-order valence-electron chi connectivity index (χ1n) is 26.2. The molecule has 3 aliphatic carbocycles. The van der Waals surface area contributed by atoms with E-state index in [2.05, 4.69) is 96.2 Å². The molecule has 3 amide bonds. The number of benzene rings is 2. The van der Waals surface area contributed by atoms with Crippen LogP contribution < -0.4 is 16.0 Å². The van der Waals surface area contributed by atoms with Gasteiger partial charge in [0.15, 0.2) is 0 Å². The smallest absolute Gasteiger partial charge is 0.407 e. The van der Waals surface area contributed by atoms with Crippen molar-refractivity contribution in [2.75, 3.05) is 52.4 Å². The second kappa shape index (κ2) is 26.8. The lowest BCUT2D eigenvalue weighted by atomic mass is 9.89. The molecule has 0 aromatic heterocycles. The summed E-state index contributed by atoms with van der Waals surface area (Å²) >= 11 is 0. The van der Waals surface area contributed by atoms with E-state index in [4.69, 9.17) is 14.2 Å². The van der Waals surface area contributed by atoms with Crippen molar-refractivity contribution < 1.29 is 33.4 Å². The molecule has 7 rings (SSSR count). The van der Waals surface area contributed by atoms with Gasteiger partial charge in [0.05, 0.1) is 0 Å². The summed E-state index contributed by atoms with van der Waals surface area (Å²) < 4.78 is 16.0. The second-order valence-electron chi connectivity index (χ2n) is 22.9. The number of hydrogen-bond donors (Lipinski definition) is 3. The molecule has 3 N–H and O–H groups in total. The minimum Gasteiger partial charge on any atom is -0.444 e. The van der Waals surface area contributed by atoms with Crippen LogP contribution >= 0.6 is 0 Å². The van der Waals surface area contributed by atoms with Crippen molar-refractivity contribution in [3.05, 3.63) is 71.8 Å². The predicted octanol–water partition coefficient (Wildman–Crippen LogP) is 9.30. The highest BCUT2D eigenvalue weighted by atomic mass is 16.6. The lowest BCUT2D eigenvalue weighted by molar-refractivity contribution is -0.120. The number of ether oxygens (including phenoxy) is 3. The van der Waals surface area contributed by atoms with Crippen molar-refractivity contribution in [3.63, 3.8) is 0 Å². The van der Waals surface area contributed by atoms with Crippen molar-refractivity contribution in [1.82, 2.24) is 35.6 Å². The number of carbonyl (C=O) groups is 4. The molecule has 5 aliphatic rings. The van der Waals surface area contributed by atoms with E-state index >= 15 is 0 Å². The van der Waals surface area contributed by atoms with Crippen LogP contribution in [0, 0.1) is 0 Å². The SMILES string of the molecule is CC(C)(C)OC(=O)NC1CCCC(=O)C1.CC(C)(C)OC(=O)N[C@@H]1CCCC(N2CCN(Cc3ccccc3)CC2)C1.CC(C)(C)OC(=O)N[C@@H]1CCC[C@H](N2CCN(Cc3ccccc3)CC2)C1. The van der Waals surface area contributed by atoms with Gasteiger partial charge in [0.25, 0.3) is 0 Å². The van der Waals surface area contributed by atoms with Crippen molar-refractivity contribution in [1.29, 1.82) is 0 Å². The third kappa shape index (κ3) is 22.2. The number of ketones is 1. The summed E-state index contributed by atoms with van der Waals surface area (Å²) in [5.74, 6) is 0.224. The maximum Gasteiger partial charge on any atom is 0.407 e. The van der Waals surface area contributed by atoms with Gasteiger partial charge in [-0.1, -0.05) is 60.7 Å². The molecule has 69 heavy (non-hydrogen) atoms. The number of hydrogen-bond acceptors (Lipinski definition) is 11. The third-order valence-corrected chi connectivity index (χ3v) is 13.3. The molecule has 5 atom stereocenters. The van der Waals surface area contributed by atoms with E-state index in [-0.39, 0.29) is 36.1 Å². The highest BCUT2D eigenvalue weighted by molar-refractivity contribution is 5.80. The Balaban J connectivity index is 0.000000202. The lowest BCUT2D eigenvalue weighted by Gasteiger charge is -2.42. The maximum atomic E-state index is 12.1. The first-order valence-corrected chi connectivity index (χ1v) is 26.2. The monoisotopic (exact) mass is 960 g/mol. The lowest BCUT2D eigenvalue weighted by Crippen LogP contribution is -2.53. The van der Waals surface area contributed by atoms with Crippen LogP contribution in [0.5, 0.6) is 0 Å². The molecular weight excluding hydrogens is 871 g/mol. The van der Waals surface area contributed by atoms with E-state index in [0.29, 0.717) is 24.9 Å². The Morgan fingerprint density at radius 1 is 0.493 bits per heavy atom. The Labute approximate surface area is 415 Å². The zero-order valence-corrected chi connectivity index (χ0v) is 43.9. The normalized spacial score (nSPS) is 24.5. The average molecular weight is 960 g/mol. The van der Waals surface area contributed by atoms with Gasteiger partial charge in [0.2, 0.25) is 0 Å². The number of amides is 3. The van der Waals surface area contributed by atoms with Gasteiger partial charge in [0.1, 0.15) is 22.6 Å². The number of piperazine rings is 2. The predicted molar refractivity (Wildman–Crippen MR) is 274 cm³/mol. The van der Waals surface area contributed by atoms with Crippen LogP contribution in [-0.4, -0.2) is 143 Å². The summed E-state index contributed by atoms with van der Waals surface area (Å²) in [4.78, 5) is 57.0. The molecule has 0 radical (unpaired) electrons. The molecule has 14 heteroatoms. The van der Waals surface area contributed by atoms with Crippen LogP contribution in [0.15, 0.2) is 60.7 Å². The fraction of sp³-hybridized carbons (Fsp3) is 0.709. The van der Waals surface area contributed by atoms with Crippen LogP contribution in [0.25, 0.3) is 0 Å². The maximum absolute atomic E-state index is 12.1. The fourth-order valence-corrected chi connectivity index (χ4v) is 10.1. The molecule has 2 heterocycles. The summed E-state index contributed by atoms with van der Waals surface area (Å²) in [5.41, 5.74) is 1.43. The fourth-order valence-electron chi connectivity index (χ4n) is 10.1. The number of Topliss-reactive ketones (excluding diaryl/α,β-unsaturated/α-hetero) is 1. The van der Waals surface area contributed by atoms with Crippen LogP contribution in [0.1, 0.15) is 150 Å². The van der Waals surface area contributed by atoms with Gasteiger partial charge >= 0.3 is 18.3 Å². The number of alkyl carbamates (subject to hydrolysis) is 3. The first-order chi connectivity index (χ1) is 32.6. The highest BCUT2D eigenvalue weighted by Gasteiger charge is 2.33. The number of nitrogens with one attached hydrogen (secondary N) is 3. The molecule has 2 aromatic rings. The standard InChI is InChI=1S/2C22H35N3O2.C11H19NO3/c2*1-22(2,3)27-21(26)23-19-10-7-11-20(16-19)25-14-12-24(13-15-25)17-18-8-5-4-6-9-18;1-11(2,3)15-10(14)12-8-5-4-6-9(13)7-8/h2*4-6,8-9,19-20H,7,10-17H2,1-3H3,(H,23,26);8H,4-7H2,1-3H3,(H,12,14)/t19-,20?;19-,20+;/m11./s1. The van der Waals surface area contributed by atoms with Crippen LogP contribution in [0.2, 0.25) is 0 Å². The van der Waals surface area contributed by atoms with E-state index in [9.17, 15) is 19.2 Å². The highest BCUT2D eigenvalue weighted by Crippen LogP contribution is 2.27. The average Bonchev–Trinajstić information content (AvgIpc) is 3.26. The van der Waals surface area contributed by atoms with Crippen LogP contribution in [-0.2, 0) is 32.1 Å². The molecule has 2 aliphatic heterocycles. The van der Waals surface area contributed by atoms with Crippen molar-refractivity contribution in [3.8, 4) is 0 Å². The van der Waals surface area contributed by atoms with Gasteiger partial charge in [0, 0.05) is 108 Å². The van der Waals surface area contributed by atoms with Gasteiger partial charge in [-0.15, -0.1) is 0 Å². The van der Waals surface area contributed by atoms with Gasteiger partial charge in [-0.25, -0.2) is 14.4 Å². The van der Waals surface area contributed by atoms with Crippen LogP contribution in [0.4, 0.5) is 14.4 Å². The quantitative estimate of drug-likeness (QED) is 0.207. The Hall–Kier alpha value is -4.24. The molecule has 0 bridgehead atoms. The summed E-state index contributed by atoms with van der Waals surface area (Å²) in [6.07, 6.45) is 10.9. The van der Waals surface area contributed by atoms with E-state index in [0.717, 1.165) is 104 Å². The zero-order chi connectivity index (χ0) is 50.0. The summed E-state index contributed by atoms with van der Waals surface area (Å²) in [6, 6.07) is 23.0. The molecule has 2 aromatic carbocycles. The Kier molecular flexibility index (Phi) is 21.6. The number of rotatable bonds is 9. The number of nitrogens with zero attached hydrogens (tertiary/aromatic N) is 4. The summed E-state index contributed by atoms with van der Waals surface area (Å²) in [7, 11) is 0. The minimum atomic E-state index is -0.483. The second-order valence-corrected chi connectivity index (χ2v) is 22.9.